The number of likely N-dealkylation sites (tertiary alicyclic amines) is 1. The van der Waals surface area contributed by atoms with Gasteiger partial charge in [-0.2, -0.15) is 0 Å². The molecule has 1 aromatic carbocycles. The number of benzene rings is 1. The Kier molecular flexibility index (Phi) is 6.43. The number of carboxylic acids is 1. The fourth-order valence-corrected chi connectivity index (χ4v) is 3.82. The molecule has 1 saturated heterocycles. The van der Waals surface area contributed by atoms with Crippen LogP contribution in [0.2, 0.25) is 0 Å². The maximum Gasteiger partial charge on any atom is 0.314 e. The third-order valence-electron chi connectivity index (χ3n) is 5.55. The van der Waals surface area contributed by atoms with Gasteiger partial charge in [-0.05, 0) is 31.2 Å². The Hall–Kier alpha value is -3.00. The molecule has 1 aliphatic rings. The molecule has 0 spiro atoms. The van der Waals surface area contributed by atoms with Crippen molar-refractivity contribution >= 4 is 17.8 Å². The quantitative estimate of drug-likeness (QED) is 0.651. The molecule has 8 heteroatoms. The van der Waals surface area contributed by atoms with Crippen molar-refractivity contribution in [1.82, 2.24) is 14.9 Å². The number of nitrogens with one attached hydrogen (secondary N) is 1. The van der Waals surface area contributed by atoms with Crippen LogP contribution in [0.25, 0.3) is 0 Å². The number of rotatable bonds is 7. The highest BCUT2D eigenvalue weighted by atomic mass is 16.4. The zero-order chi connectivity index (χ0) is 20.9. The van der Waals surface area contributed by atoms with E-state index in [1.807, 2.05) is 30.3 Å². The minimum atomic E-state index is -1.38. The van der Waals surface area contributed by atoms with Gasteiger partial charge in [-0.25, -0.2) is 9.97 Å². The van der Waals surface area contributed by atoms with E-state index < -0.39 is 17.5 Å². The van der Waals surface area contributed by atoms with Gasteiger partial charge in [0.05, 0.1) is 11.7 Å². The van der Waals surface area contributed by atoms with Crippen molar-refractivity contribution in [1.29, 1.82) is 0 Å². The minimum absolute atomic E-state index is 0.0368. The van der Waals surface area contributed by atoms with Gasteiger partial charge in [-0.1, -0.05) is 30.3 Å². The van der Waals surface area contributed by atoms with Crippen molar-refractivity contribution in [3.8, 4) is 0 Å². The summed E-state index contributed by atoms with van der Waals surface area (Å²) >= 11 is 0. The van der Waals surface area contributed by atoms with Crippen molar-refractivity contribution in [2.75, 3.05) is 25.5 Å². The topological polar surface area (TPSA) is 116 Å². The molecule has 0 aliphatic carbocycles. The van der Waals surface area contributed by atoms with Crippen LogP contribution in [0.5, 0.6) is 0 Å². The molecule has 8 nitrogen and oxygen atoms in total. The van der Waals surface area contributed by atoms with E-state index in [2.05, 4.69) is 15.3 Å². The summed E-state index contributed by atoms with van der Waals surface area (Å²) in [7, 11) is 1.68. The molecule has 1 amide bonds. The van der Waals surface area contributed by atoms with Gasteiger partial charge in [0.2, 0.25) is 5.95 Å². The van der Waals surface area contributed by atoms with E-state index in [4.69, 9.17) is 0 Å². The first-order valence-electron chi connectivity index (χ1n) is 9.71. The number of aliphatic hydroxyl groups excluding tert-OH is 1. The first-order chi connectivity index (χ1) is 14.0. The van der Waals surface area contributed by atoms with Crippen molar-refractivity contribution in [3.05, 3.63) is 53.9 Å². The third-order valence-corrected chi connectivity index (χ3v) is 5.55. The zero-order valence-electron chi connectivity index (χ0n) is 16.4. The summed E-state index contributed by atoms with van der Waals surface area (Å²) in [4.78, 5) is 34.6. The maximum atomic E-state index is 12.9. The molecule has 0 radical (unpaired) electrons. The number of carboxylic acid groups (broad SMARTS) is 1. The van der Waals surface area contributed by atoms with E-state index in [1.54, 1.807) is 7.05 Å². The van der Waals surface area contributed by atoms with Crippen LogP contribution in [0.1, 0.15) is 35.2 Å². The molecule has 2 heterocycles. The monoisotopic (exact) mass is 398 g/mol. The van der Waals surface area contributed by atoms with Gasteiger partial charge in [0, 0.05) is 32.5 Å². The lowest BCUT2D eigenvalue weighted by molar-refractivity contribution is -0.162. The SMILES string of the molecule is CNc1ncc(C(=O)N2CC[C@H](O)[C@](CCCc3ccccc3)(C(=O)O)C2)cn1. The molecule has 2 aromatic rings. The number of anilines is 1. The normalized spacial score (nSPS) is 21.6. The standard InChI is InChI=1S/C21H26N4O4/c1-22-20-23-12-16(13-24-20)18(27)25-11-9-17(26)21(14-25,19(28)29)10-5-8-15-6-3-2-4-7-15/h2-4,6-7,12-13,17,26H,5,8-11,14H2,1H3,(H,28,29)(H,22,23,24)/t17-,21+/m0/s1. The Morgan fingerprint density at radius 1 is 1.24 bits per heavy atom. The van der Waals surface area contributed by atoms with E-state index in [1.165, 1.54) is 17.3 Å². The number of aromatic nitrogens is 2. The predicted molar refractivity (Wildman–Crippen MR) is 108 cm³/mol. The van der Waals surface area contributed by atoms with Crippen LogP contribution in [0, 0.1) is 5.41 Å². The van der Waals surface area contributed by atoms with E-state index in [0.29, 0.717) is 24.5 Å². The van der Waals surface area contributed by atoms with Gasteiger partial charge >= 0.3 is 5.97 Å². The summed E-state index contributed by atoms with van der Waals surface area (Å²) in [5, 5.41) is 23.3. The predicted octanol–water partition coefficient (Wildman–Crippen LogP) is 1.82. The summed E-state index contributed by atoms with van der Waals surface area (Å²) in [5.41, 5.74) is 0.0334. The Bertz CT molecular complexity index is 844. The number of aliphatic hydroxyl groups is 1. The third kappa shape index (κ3) is 4.54. The molecule has 0 bridgehead atoms. The lowest BCUT2D eigenvalue weighted by Crippen LogP contribution is -2.57. The number of carbonyl (C=O) groups is 2. The Morgan fingerprint density at radius 3 is 2.55 bits per heavy atom. The second-order valence-electron chi connectivity index (χ2n) is 7.38. The highest BCUT2D eigenvalue weighted by Gasteiger charge is 2.49. The molecule has 29 heavy (non-hydrogen) atoms. The number of nitrogens with zero attached hydrogens (tertiary/aromatic N) is 3. The van der Waals surface area contributed by atoms with E-state index in [0.717, 1.165) is 12.0 Å². The molecular formula is C21H26N4O4. The van der Waals surface area contributed by atoms with Gasteiger partial charge < -0.3 is 20.4 Å². The molecule has 2 atom stereocenters. The van der Waals surface area contributed by atoms with Crippen LogP contribution in [0.4, 0.5) is 5.95 Å². The van der Waals surface area contributed by atoms with Crippen LogP contribution in [0.3, 0.4) is 0 Å². The van der Waals surface area contributed by atoms with Gasteiger partial charge in [0.15, 0.2) is 0 Å². The lowest BCUT2D eigenvalue weighted by atomic mass is 9.73. The zero-order valence-corrected chi connectivity index (χ0v) is 16.4. The maximum absolute atomic E-state index is 12.9. The Labute approximate surface area is 169 Å². The fourth-order valence-electron chi connectivity index (χ4n) is 3.82. The van der Waals surface area contributed by atoms with Crippen LogP contribution >= 0.6 is 0 Å². The van der Waals surface area contributed by atoms with E-state index >= 15 is 0 Å². The smallest absolute Gasteiger partial charge is 0.314 e. The minimum Gasteiger partial charge on any atom is -0.481 e. The fraction of sp³-hybridized carbons (Fsp3) is 0.429. The largest absolute Gasteiger partial charge is 0.481 e. The molecular weight excluding hydrogens is 372 g/mol. The molecule has 1 fully saturated rings. The van der Waals surface area contributed by atoms with Crippen LogP contribution in [0.15, 0.2) is 42.7 Å². The number of aliphatic carboxylic acids is 1. The Balaban J connectivity index is 1.73. The number of carbonyl (C=O) groups excluding carboxylic acids is 1. The molecule has 154 valence electrons. The molecule has 3 rings (SSSR count). The number of aryl methyl sites for hydroxylation is 1. The highest BCUT2D eigenvalue weighted by molar-refractivity contribution is 5.94. The van der Waals surface area contributed by atoms with Gasteiger partial charge in [-0.15, -0.1) is 0 Å². The second kappa shape index (κ2) is 9.00. The summed E-state index contributed by atoms with van der Waals surface area (Å²) in [5.74, 6) is -0.998. The number of amides is 1. The molecule has 1 aromatic heterocycles. The van der Waals surface area contributed by atoms with Gasteiger partial charge in [0.25, 0.3) is 5.91 Å². The van der Waals surface area contributed by atoms with Gasteiger partial charge in [0.1, 0.15) is 5.41 Å². The van der Waals surface area contributed by atoms with Crippen LogP contribution in [-0.4, -0.2) is 63.2 Å². The van der Waals surface area contributed by atoms with E-state index in [-0.39, 0.29) is 25.3 Å². The average Bonchev–Trinajstić information content (AvgIpc) is 2.75. The molecule has 0 saturated carbocycles. The first-order valence-corrected chi connectivity index (χ1v) is 9.71. The van der Waals surface area contributed by atoms with Crippen LogP contribution in [-0.2, 0) is 11.2 Å². The highest BCUT2D eigenvalue weighted by Crippen LogP contribution is 2.36. The Morgan fingerprint density at radius 2 is 1.93 bits per heavy atom. The average molecular weight is 398 g/mol. The molecule has 0 unspecified atom stereocenters. The summed E-state index contributed by atoms with van der Waals surface area (Å²) in [6, 6.07) is 9.81. The first kappa shape index (κ1) is 20.7. The van der Waals surface area contributed by atoms with E-state index in [9.17, 15) is 19.8 Å². The number of hydrogen-bond donors (Lipinski definition) is 3. The molecule has 1 aliphatic heterocycles. The summed E-state index contributed by atoms with van der Waals surface area (Å²) in [6.07, 6.45) is 3.68. The number of piperidine rings is 1. The second-order valence-corrected chi connectivity index (χ2v) is 7.38. The molecule has 3 N–H and O–H groups in total. The van der Waals surface area contributed by atoms with Crippen molar-refractivity contribution < 1.29 is 19.8 Å². The summed E-state index contributed by atoms with van der Waals surface area (Å²) < 4.78 is 0. The summed E-state index contributed by atoms with van der Waals surface area (Å²) in [6.45, 7) is 0.256. The van der Waals surface area contributed by atoms with Crippen molar-refractivity contribution in [2.45, 2.75) is 31.8 Å². The van der Waals surface area contributed by atoms with Crippen molar-refractivity contribution in [3.63, 3.8) is 0 Å². The van der Waals surface area contributed by atoms with Gasteiger partial charge in [-0.3, -0.25) is 9.59 Å². The number of hydrogen-bond acceptors (Lipinski definition) is 6. The van der Waals surface area contributed by atoms with Crippen LogP contribution < -0.4 is 5.32 Å². The lowest BCUT2D eigenvalue weighted by Gasteiger charge is -2.43. The van der Waals surface area contributed by atoms with Crippen molar-refractivity contribution in [2.24, 2.45) is 5.41 Å².